The molecule has 4 amide bonds. The lowest BCUT2D eigenvalue weighted by atomic mass is 10.2. The fraction of sp³-hybridized carbons (Fsp3) is 0.417. The van der Waals surface area contributed by atoms with E-state index in [1.807, 2.05) is 70.5 Å². The van der Waals surface area contributed by atoms with Gasteiger partial charge in [-0.15, -0.1) is 0 Å². The van der Waals surface area contributed by atoms with Crippen molar-refractivity contribution < 1.29 is 9.59 Å². The predicted molar refractivity (Wildman–Crippen MR) is 117 cm³/mol. The fourth-order valence-electron chi connectivity index (χ4n) is 5.11. The van der Waals surface area contributed by atoms with Gasteiger partial charge in [0.1, 0.15) is 0 Å². The lowest BCUT2D eigenvalue weighted by Gasteiger charge is -2.43. The van der Waals surface area contributed by atoms with Crippen LogP contribution in [-0.4, -0.2) is 65.0 Å². The minimum absolute atomic E-state index is 0.0161. The van der Waals surface area contributed by atoms with Crippen LogP contribution in [0.5, 0.6) is 0 Å². The van der Waals surface area contributed by atoms with Gasteiger partial charge in [0.05, 0.1) is 23.5 Å². The molecule has 6 heteroatoms. The van der Waals surface area contributed by atoms with E-state index < -0.39 is 0 Å². The third kappa shape index (κ3) is 3.40. The number of carbonyl (C=O) groups is 2. The zero-order chi connectivity index (χ0) is 20.5. The van der Waals surface area contributed by atoms with Crippen molar-refractivity contribution in [3.05, 3.63) is 60.7 Å². The highest BCUT2D eigenvalue weighted by Gasteiger charge is 2.46. The molecule has 0 radical (unpaired) electrons. The molecule has 0 N–H and O–H groups in total. The van der Waals surface area contributed by atoms with Crippen LogP contribution in [0.2, 0.25) is 0 Å². The number of amides is 4. The standard InChI is InChI=1S/C24H28N4O2/c29-23(25-15-7-8-16-25)28-21-13-14-22(28)18-26(17-21)24(30)27(19-9-3-1-4-10-19)20-11-5-2-6-12-20/h1-6,9-12,21-22H,7-8,13-18H2/t21-,22+. The Balaban J connectivity index is 1.38. The molecule has 2 aromatic carbocycles. The number of piperazine rings is 1. The van der Waals surface area contributed by atoms with Crippen LogP contribution >= 0.6 is 0 Å². The van der Waals surface area contributed by atoms with Crippen LogP contribution < -0.4 is 4.90 Å². The second-order valence-electron chi connectivity index (χ2n) is 8.46. The van der Waals surface area contributed by atoms with Crippen molar-refractivity contribution in [2.24, 2.45) is 0 Å². The van der Waals surface area contributed by atoms with Crippen molar-refractivity contribution in [3.8, 4) is 0 Å². The molecule has 3 fully saturated rings. The second-order valence-corrected chi connectivity index (χ2v) is 8.46. The number of anilines is 2. The summed E-state index contributed by atoms with van der Waals surface area (Å²) in [5.74, 6) is 0. The van der Waals surface area contributed by atoms with E-state index >= 15 is 0 Å². The van der Waals surface area contributed by atoms with Gasteiger partial charge in [-0.05, 0) is 49.9 Å². The summed E-state index contributed by atoms with van der Waals surface area (Å²) in [5, 5.41) is 0. The number of likely N-dealkylation sites (tertiary alicyclic amines) is 2. The maximum atomic E-state index is 13.7. The van der Waals surface area contributed by atoms with Crippen LogP contribution in [0.25, 0.3) is 0 Å². The molecule has 0 aliphatic carbocycles. The molecule has 3 saturated heterocycles. The molecular formula is C24H28N4O2. The Morgan fingerprint density at radius 3 is 1.73 bits per heavy atom. The Bertz CT molecular complexity index is 844. The molecule has 2 bridgehead atoms. The largest absolute Gasteiger partial charge is 0.329 e. The van der Waals surface area contributed by atoms with E-state index in [1.165, 1.54) is 0 Å². The number of rotatable bonds is 2. The van der Waals surface area contributed by atoms with Crippen molar-refractivity contribution in [2.75, 3.05) is 31.1 Å². The van der Waals surface area contributed by atoms with Crippen molar-refractivity contribution in [1.82, 2.24) is 14.7 Å². The van der Waals surface area contributed by atoms with E-state index in [0.29, 0.717) is 13.1 Å². The highest BCUT2D eigenvalue weighted by atomic mass is 16.2. The van der Waals surface area contributed by atoms with Gasteiger partial charge in [-0.2, -0.15) is 0 Å². The summed E-state index contributed by atoms with van der Waals surface area (Å²) < 4.78 is 0. The lowest BCUT2D eigenvalue weighted by molar-refractivity contribution is 0.0863. The van der Waals surface area contributed by atoms with Crippen LogP contribution in [-0.2, 0) is 0 Å². The monoisotopic (exact) mass is 404 g/mol. The number of hydrogen-bond donors (Lipinski definition) is 0. The van der Waals surface area contributed by atoms with Gasteiger partial charge in [-0.1, -0.05) is 36.4 Å². The Hall–Kier alpha value is -3.02. The third-order valence-electron chi connectivity index (χ3n) is 6.57. The normalized spacial score (nSPS) is 23.0. The number of para-hydroxylation sites is 2. The van der Waals surface area contributed by atoms with Gasteiger partial charge >= 0.3 is 12.1 Å². The zero-order valence-corrected chi connectivity index (χ0v) is 17.2. The van der Waals surface area contributed by atoms with Gasteiger partial charge in [0.25, 0.3) is 0 Å². The topological polar surface area (TPSA) is 47.1 Å². The SMILES string of the molecule is O=C(N1C[C@H]2CC[C@@H](C1)N2C(=O)N1CCCC1)N(c1ccccc1)c1ccccc1. The molecule has 0 unspecified atom stereocenters. The third-order valence-corrected chi connectivity index (χ3v) is 6.57. The van der Waals surface area contributed by atoms with E-state index in [1.54, 1.807) is 4.90 Å². The Morgan fingerprint density at radius 2 is 1.23 bits per heavy atom. The first-order chi connectivity index (χ1) is 14.7. The van der Waals surface area contributed by atoms with Crippen LogP contribution in [0.15, 0.2) is 60.7 Å². The first kappa shape index (κ1) is 19.0. The van der Waals surface area contributed by atoms with E-state index in [-0.39, 0.29) is 24.1 Å². The maximum Gasteiger partial charge on any atom is 0.329 e. The van der Waals surface area contributed by atoms with Crippen molar-refractivity contribution in [2.45, 2.75) is 37.8 Å². The molecule has 3 aliphatic heterocycles. The van der Waals surface area contributed by atoms with Gasteiger partial charge < -0.3 is 14.7 Å². The molecule has 2 atom stereocenters. The molecule has 30 heavy (non-hydrogen) atoms. The summed E-state index contributed by atoms with van der Waals surface area (Å²) in [6.45, 7) is 2.94. The van der Waals surface area contributed by atoms with Crippen LogP contribution in [0, 0.1) is 0 Å². The molecule has 3 heterocycles. The van der Waals surface area contributed by atoms with Gasteiger partial charge in [-0.25, -0.2) is 9.59 Å². The first-order valence-corrected chi connectivity index (χ1v) is 11.0. The van der Waals surface area contributed by atoms with Crippen LogP contribution in [0.3, 0.4) is 0 Å². The number of carbonyl (C=O) groups excluding carboxylic acids is 2. The average molecular weight is 405 g/mol. The smallest absolute Gasteiger partial charge is 0.325 e. The molecule has 156 valence electrons. The minimum Gasteiger partial charge on any atom is -0.325 e. The maximum absolute atomic E-state index is 13.7. The Labute approximate surface area is 177 Å². The number of benzene rings is 2. The molecular weight excluding hydrogens is 376 g/mol. The fourth-order valence-corrected chi connectivity index (χ4v) is 5.11. The van der Waals surface area contributed by atoms with Gasteiger partial charge in [0.2, 0.25) is 0 Å². The number of hydrogen-bond acceptors (Lipinski definition) is 2. The number of nitrogens with zero attached hydrogens (tertiary/aromatic N) is 4. The molecule has 0 aromatic heterocycles. The van der Waals surface area contributed by atoms with Crippen molar-refractivity contribution >= 4 is 23.4 Å². The van der Waals surface area contributed by atoms with Crippen molar-refractivity contribution in [3.63, 3.8) is 0 Å². The summed E-state index contributed by atoms with van der Waals surface area (Å²) in [5.41, 5.74) is 1.72. The van der Waals surface area contributed by atoms with Gasteiger partial charge in [0.15, 0.2) is 0 Å². The number of fused-ring (bicyclic) bond motifs is 2. The van der Waals surface area contributed by atoms with Crippen LogP contribution in [0.4, 0.5) is 21.0 Å². The molecule has 0 saturated carbocycles. The summed E-state index contributed by atoms with van der Waals surface area (Å²) in [6.07, 6.45) is 4.15. The van der Waals surface area contributed by atoms with E-state index in [9.17, 15) is 9.59 Å². The summed E-state index contributed by atoms with van der Waals surface area (Å²) >= 11 is 0. The quantitative estimate of drug-likeness (QED) is 0.749. The predicted octanol–water partition coefficient (Wildman–Crippen LogP) is 4.31. The second kappa shape index (κ2) is 8.01. The zero-order valence-electron chi connectivity index (χ0n) is 17.2. The summed E-state index contributed by atoms with van der Waals surface area (Å²) in [4.78, 5) is 34.5. The summed E-state index contributed by atoms with van der Waals surface area (Å²) in [7, 11) is 0. The van der Waals surface area contributed by atoms with E-state index in [0.717, 1.165) is 50.1 Å². The van der Waals surface area contributed by atoms with Gasteiger partial charge in [0, 0.05) is 26.2 Å². The first-order valence-electron chi connectivity index (χ1n) is 11.0. The molecule has 2 aromatic rings. The lowest BCUT2D eigenvalue weighted by Crippen LogP contribution is -2.60. The van der Waals surface area contributed by atoms with Crippen molar-refractivity contribution in [1.29, 1.82) is 0 Å². The highest BCUT2D eigenvalue weighted by Crippen LogP contribution is 2.34. The molecule has 5 rings (SSSR count). The molecule has 6 nitrogen and oxygen atoms in total. The van der Waals surface area contributed by atoms with E-state index in [2.05, 4.69) is 4.90 Å². The molecule has 3 aliphatic rings. The highest BCUT2D eigenvalue weighted by molar-refractivity contribution is 5.99. The van der Waals surface area contributed by atoms with Crippen LogP contribution in [0.1, 0.15) is 25.7 Å². The van der Waals surface area contributed by atoms with Gasteiger partial charge in [-0.3, -0.25) is 4.90 Å². The Morgan fingerprint density at radius 1 is 0.733 bits per heavy atom. The Kier molecular flexibility index (Phi) is 5.07. The summed E-state index contributed by atoms with van der Waals surface area (Å²) in [6, 6.07) is 20.0. The molecule has 0 spiro atoms. The average Bonchev–Trinajstić information content (AvgIpc) is 3.41. The minimum atomic E-state index is -0.0161. The number of urea groups is 2. The van der Waals surface area contributed by atoms with E-state index in [4.69, 9.17) is 0 Å².